The van der Waals surface area contributed by atoms with Crippen molar-refractivity contribution in [2.75, 3.05) is 0 Å². The SMILES string of the molecule is CCCCCCC(CCC)N(N=C=O)C(=O)Cl. The van der Waals surface area contributed by atoms with E-state index in [2.05, 4.69) is 12.0 Å². The topological polar surface area (TPSA) is 49.7 Å². The minimum atomic E-state index is -0.706. The van der Waals surface area contributed by atoms with E-state index >= 15 is 0 Å². The molecule has 0 saturated carbocycles. The van der Waals surface area contributed by atoms with Gasteiger partial charge in [0.15, 0.2) is 0 Å². The van der Waals surface area contributed by atoms with Crippen LogP contribution in [0.2, 0.25) is 0 Å². The summed E-state index contributed by atoms with van der Waals surface area (Å²) in [6, 6.07) is -0.0803. The Kier molecular flexibility index (Phi) is 9.78. The van der Waals surface area contributed by atoms with Crippen LogP contribution in [0, 0.1) is 0 Å². The third-order valence-corrected chi connectivity index (χ3v) is 2.86. The van der Waals surface area contributed by atoms with Crippen LogP contribution in [0.5, 0.6) is 0 Å². The first-order chi connectivity index (χ1) is 8.17. The van der Waals surface area contributed by atoms with Crippen LogP contribution in [-0.4, -0.2) is 22.5 Å². The van der Waals surface area contributed by atoms with Crippen molar-refractivity contribution in [1.29, 1.82) is 0 Å². The summed E-state index contributed by atoms with van der Waals surface area (Å²) >= 11 is 5.41. The molecule has 0 aromatic carbocycles. The fraction of sp³-hybridized carbons (Fsp3) is 0.833. The van der Waals surface area contributed by atoms with Gasteiger partial charge in [0.05, 0.1) is 6.04 Å². The van der Waals surface area contributed by atoms with Crippen LogP contribution in [0.25, 0.3) is 0 Å². The number of isocyanates is 1. The van der Waals surface area contributed by atoms with Gasteiger partial charge in [0.2, 0.25) is 0 Å². The zero-order valence-corrected chi connectivity index (χ0v) is 11.4. The molecule has 0 fully saturated rings. The zero-order chi connectivity index (χ0) is 13.1. The molecule has 0 aliphatic rings. The Morgan fingerprint density at radius 1 is 1.24 bits per heavy atom. The van der Waals surface area contributed by atoms with Crippen LogP contribution < -0.4 is 0 Å². The lowest BCUT2D eigenvalue weighted by Gasteiger charge is -2.23. The van der Waals surface area contributed by atoms with Gasteiger partial charge in [-0.1, -0.05) is 51.1 Å². The Bertz CT molecular complexity index is 263. The van der Waals surface area contributed by atoms with Crippen LogP contribution in [-0.2, 0) is 4.79 Å². The standard InChI is InChI=1S/C12H21ClN2O2/c1-3-5-6-7-9-11(8-4-2)15(12(13)17)14-10-16/h11H,3-9H2,1-2H3. The Balaban J connectivity index is 4.35. The first kappa shape index (κ1) is 16.1. The van der Waals surface area contributed by atoms with Gasteiger partial charge in [0.1, 0.15) is 0 Å². The van der Waals surface area contributed by atoms with Crippen molar-refractivity contribution in [2.24, 2.45) is 5.10 Å². The lowest BCUT2D eigenvalue weighted by Crippen LogP contribution is -2.32. The Morgan fingerprint density at radius 2 is 1.94 bits per heavy atom. The predicted octanol–water partition coefficient (Wildman–Crippen LogP) is 4.04. The van der Waals surface area contributed by atoms with E-state index in [4.69, 9.17) is 11.6 Å². The molecule has 0 N–H and O–H groups in total. The quantitative estimate of drug-likeness (QED) is 0.157. The zero-order valence-electron chi connectivity index (χ0n) is 10.6. The third kappa shape index (κ3) is 7.14. The van der Waals surface area contributed by atoms with E-state index in [9.17, 15) is 9.59 Å². The van der Waals surface area contributed by atoms with Crippen LogP contribution >= 0.6 is 11.6 Å². The molecule has 0 aromatic rings. The van der Waals surface area contributed by atoms with Crippen molar-refractivity contribution in [3.63, 3.8) is 0 Å². The highest BCUT2D eigenvalue weighted by Crippen LogP contribution is 2.17. The number of hydrazone groups is 1. The molecule has 0 radical (unpaired) electrons. The molecular formula is C12H21ClN2O2. The maximum atomic E-state index is 11.2. The second-order valence-corrected chi connectivity index (χ2v) is 4.40. The van der Waals surface area contributed by atoms with E-state index in [0.29, 0.717) is 0 Å². The minimum absolute atomic E-state index is 0.0803. The highest BCUT2D eigenvalue weighted by molar-refractivity contribution is 6.62. The lowest BCUT2D eigenvalue weighted by atomic mass is 10.0. The summed E-state index contributed by atoms with van der Waals surface area (Å²) in [4.78, 5) is 21.4. The van der Waals surface area contributed by atoms with Crippen molar-refractivity contribution in [3.05, 3.63) is 0 Å². The Hall–Kier alpha value is -0.860. The maximum absolute atomic E-state index is 11.2. The molecule has 98 valence electrons. The van der Waals surface area contributed by atoms with E-state index in [1.165, 1.54) is 18.9 Å². The summed E-state index contributed by atoms with van der Waals surface area (Å²) in [5.41, 5.74) is 0. The first-order valence-corrected chi connectivity index (χ1v) is 6.61. The number of hydrogen-bond acceptors (Lipinski definition) is 3. The molecule has 1 atom stereocenters. The fourth-order valence-electron chi connectivity index (χ4n) is 1.84. The molecule has 0 saturated heterocycles. The lowest BCUT2D eigenvalue weighted by molar-refractivity contribution is 0.189. The van der Waals surface area contributed by atoms with E-state index in [1.54, 1.807) is 0 Å². The molecular weight excluding hydrogens is 240 g/mol. The number of hydrogen-bond donors (Lipinski definition) is 0. The average Bonchev–Trinajstić information content (AvgIpc) is 2.30. The van der Waals surface area contributed by atoms with Gasteiger partial charge in [-0.15, -0.1) is 0 Å². The van der Waals surface area contributed by atoms with Gasteiger partial charge in [0.25, 0.3) is 6.08 Å². The van der Waals surface area contributed by atoms with E-state index in [-0.39, 0.29) is 6.04 Å². The van der Waals surface area contributed by atoms with Gasteiger partial charge < -0.3 is 0 Å². The summed E-state index contributed by atoms with van der Waals surface area (Å²) in [6.45, 7) is 4.18. The summed E-state index contributed by atoms with van der Waals surface area (Å²) < 4.78 is 0. The molecule has 0 aliphatic carbocycles. The number of carbonyl (C=O) groups is 1. The number of nitrogens with zero attached hydrogens (tertiary/aromatic N) is 2. The average molecular weight is 261 g/mol. The van der Waals surface area contributed by atoms with Crippen molar-refractivity contribution >= 4 is 23.0 Å². The first-order valence-electron chi connectivity index (χ1n) is 6.23. The van der Waals surface area contributed by atoms with Crippen LogP contribution in [0.15, 0.2) is 5.10 Å². The molecule has 0 spiro atoms. The van der Waals surface area contributed by atoms with Crippen LogP contribution in [0.3, 0.4) is 0 Å². The Labute approximate surface area is 108 Å². The van der Waals surface area contributed by atoms with Gasteiger partial charge in [-0.2, -0.15) is 0 Å². The number of halogens is 1. The van der Waals surface area contributed by atoms with E-state index in [0.717, 1.165) is 37.1 Å². The summed E-state index contributed by atoms with van der Waals surface area (Å²) in [6.07, 6.45) is 8.45. The molecule has 17 heavy (non-hydrogen) atoms. The van der Waals surface area contributed by atoms with Gasteiger partial charge >= 0.3 is 5.37 Å². The summed E-state index contributed by atoms with van der Waals surface area (Å²) in [7, 11) is 0. The second-order valence-electron chi connectivity index (χ2n) is 4.08. The normalized spacial score (nSPS) is 11.7. The van der Waals surface area contributed by atoms with Crippen molar-refractivity contribution in [3.8, 4) is 0 Å². The molecule has 1 amide bonds. The van der Waals surface area contributed by atoms with E-state index < -0.39 is 5.37 Å². The third-order valence-electron chi connectivity index (χ3n) is 2.69. The Morgan fingerprint density at radius 3 is 2.41 bits per heavy atom. The van der Waals surface area contributed by atoms with Gasteiger partial charge in [-0.3, -0.25) is 4.79 Å². The monoisotopic (exact) mass is 260 g/mol. The molecule has 0 aromatic heterocycles. The molecule has 1 unspecified atom stereocenters. The number of rotatable bonds is 9. The van der Waals surface area contributed by atoms with Gasteiger partial charge in [-0.05, 0) is 24.4 Å². The predicted molar refractivity (Wildman–Crippen MR) is 68.7 cm³/mol. The molecule has 0 rings (SSSR count). The van der Waals surface area contributed by atoms with Crippen LogP contribution in [0.4, 0.5) is 4.79 Å². The summed E-state index contributed by atoms with van der Waals surface area (Å²) in [5, 5.41) is 3.74. The van der Waals surface area contributed by atoms with Crippen molar-refractivity contribution in [2.45, 2.75) is 64.8 Å². The van der Waals surface area contributed by atoms with Gasteiger partial charge in [-0.25, -0.2) is 9.80 Å². The molecule has 5 heteroatoms. The van der Waals surface area contributed by atoms with Crippen molar-refractivity contribution in [1.82, 2.24) is 5.01 Å². The smallest absolute Gasteiger partial charge is 0.253 e. The fourth-order valence-corrected chi connectivity index (χ4v) is 2.01. The highest BCUT2D eigenvalue weighted by Gasteiger charge is 2.21. The number of carbonyl (C=O) groups excluding carboxylic acids is 2. The minimum Gasteiger partial charge on any atom is -0.253 e. The number of unbranched alkanes of at least 4 members (excludes halogenated alkanes) is 3. The molecule has 0 heterocycles. The van der Waals surface area contributed by atoms with Crippen LogP contribution in [0.1, 0.15) is 58.8 Å². The molecule has 0 bridgehead atoms. The molecule has 4 nitrogen and oxygen atoms in total. The highest BCUT2D eigenvalue weighted by atomic mass is 35.5. The second kappa shape index (κ2) is 10.3. The van der Waals surface area contributed by atoms with Gasteiger partial charge in [0, 0.05) is 0 Å². The largest absolute Gasteiger partial charge is 0.337 e. The number of amides is 1. The molecule has 0 aliphatic heterocycles. The maximum Gasteiger partial charge on any atom is 0.337 e. The summed E-state index contributed by atoms with van der Waals surface area (Å²) in [5.74, 6) is 0. The van der Waals surface area contributed by atoms with E-state index in [1.807, 2.05) is 6.92 Å². The van der Waals surface area contributed by atoms with Crippen molar-refractivity contribution < 1.29 is 9.59 Å².